The Balaban J connectivity index is 1.72. The average molecular weight is 384 g/mol. The van der Waals surface area contributed by atoms with Crippen molar-refractivity contribution < 1.29 is 0 Å². The van der Waals surface area contributed by atoms with Crippen molar-refractivity contribution in [2.24, 2.45) is 5.73 Å². The van der Waals surface area contributed by atoms with E-state index in [0.717, 1.165) is 28.7 Å². The van der Waals surface area contributed by atoms with Crippen LogP contribution in [0.1, 0.15) is 11.1 Å². The second-order valence-corrected chi connectivity index (χ2v) is 7.18. The molecule has 4 N–H and O–H groups in total. The van der Waals surface area contributed by atoms with E-state index in [2.05, 4.69) is 40.6 Å². The first-order valence-electron chi connectivity index (χ1n) is 8.57. The quantitative estimate of drug-likeness (QED) is 0.411. The van der Waals surface area contributed by atoms with Crippen molar-refractivity contribution in [3.8, 4) is 0 Å². The molecule has 0 fully saturated rings. The van der Waals surface area contributed by atoms with E-state index >= 15 is 0 Å². The summed E-state index contributed by atoms with van der Waals surface area (Å²) in [6.07, 6.45) is 0.825. The molecule has 0 radical (unpaired) electrons. The van der Waals surface area contributed by atoms with E-state index in [9.17, 15) is 0 Å². The number of anilines is 1. The molecule has 4 rings (SSSR count). The summed E-state index contributed by atoms with van der Waals surface area (Å²) in [6, 6.07) is 18.4. The van der Waals surface area contributed by atoms with Crippen LogP contribution in [0.2, 0.25) is 10.0 Å². The molecule has 132 valence electrons. The van der Waals surface area contributed by atoms with Crippen LogP contribution in [0.5, 0.6) is 0 Å². The monoisotopic (exact) mass is 383 g/mol. The van der Waals surface area contributed by atoms with E-state index < -0.39 is 0 Å². The Hall–Kier alpha value is -2.20. The Morgan fingerprint density at radius 2 is 1.77 bits per heavy atom. The second-order valence-electron chi connectivity index (χ2n) is 6.37. The van der Waals surface area contributed by atoms with Gasteiger partial charge in [-0.25, -0.2) is 0 Å². The van der Waals surface area contributed by atoms with E-state index in [1.807, 2.05) is 24.3 Å². The van der Waals surface area contributed by atoms with Crippen molar-refractivity contribution >= 4 is 50.7 Å². The molecule has 3 nitrogen and oxygen atoms in total. The minimum atomic E-state index is 0.570. The summed E-state index contributed by atoms with van der Waals surface area (Å²) in [5.41, 5.74) is 11.5. The first-order valence-corrected chi connectivity index (χ1v) is 9.32. The molecule has 0 saturated carbocycles. The van der Waals surface area contributed by atoms with E-state index in [-0.39, 0.29) is 0 Å². The fourth-order valence-electron chi connectivity index (χ4n) is 3.33. The number of hydrogen-bond donors (Lipinski definition) is 3. The number of hydrogen-bond acceptors (Lipinski definition) is 2. The smallest absolute Gasteiger partial charge is 0.0595 e. The highest BCUT2D eigenvalue weighted by atomic mass is 35.5. The predicted octanol–water partition coefficient (Wildman–Crippen LogP) is 5.74. The van der Waals surface area contributed by atoms with Gasteiger partial charge >= 0.3 is 0 Å². The lowest BCUT2D eigenvalue weighted by Crippen LogP contribution is -2.05. The van der Waals surface area contributed by atoms with Crippen LogP contribution in [-0.2, 0) is 13.0 Å². The summed E-state index contributed by atoms with van der Waals surface area (Å²) in [5, 5.41) is 7.07. The molecule has 4 aromatic rings. The molecule has 26 heavy (non-hydrogen) atoms. The fraction of sp³-hybridized carbons (Fsp3) is 0.143. The van der Waals surface area contributed by atoms with Crippen LogP contribution >= 0.6 is 23.2 Å². The van der Waals surface area contributed by atoms with Gasteiger partial charge in [0.1, 0.15) is 0 Å². The van der Waals surface area contributed by atoms with Crippen molar-refractivity contribution in [2.75, 3.05) is 11.9 Å². The third-order valence-electron chi connectivity index (χ3n) is 4.59. The van der Waals surface area contributed by atoms with Gasteiger partial charge in [0.05, 0.1) is 10.0 Å². The van der Waals surface area contributed by atoms with E-state index in [0.29, 0.717) is 23.1 Å². The maximum atomic E-state index is 6.11. The zero-order valence-corrected chi connectivity index (χ0v) is 15.7. The van der Waals surface area contributed by atoms with Crippen LogP contribution < -0.4 is 11.1 Å². The van der Waals surface area contributed by atoms with Gasteiger partial charge < -0.3 is 16.0 Å². The average Bonchev–Trinajstić information content (AvgIpc) is 3.02. The van der Waals surface area contributed by atoms with Gasteiger partial charge in [0.25, 0.3) is 0 Å². The molecule has 0 unspecified atom stereocenters. The minimum Gasteiger partial charge on any atom is -0.381 e. The van der Waals surface area contributed by atoms with Crippen LogP contribution in [0.25, 0.3) is 21.8 Å². The summed E-state index contributed by atoms with van der Waals surface area (Å²) >= 11 is 12.1. The largest absolute Gasteiger partial charge is 0.381 e. The SMILES string of the molecule is NCCc1cc(NCc2ccc(Cl)c(Cl)c2)cc2c1[nH]c1ccccc12. The van der Waals surface area contributed by atoms with E-state index in [1.54, 1.807) is 0 Å². The lowest BCUT2D eigenvalue weighted by molar-refractivity contribution is 0.974. The maximum absolute atomic E-state index is 6.11. The van der Waals surface area contributed by atoms with Crippen LogP contribution in [-0.4, -0.2) is 11.5 Å². The van der Waals surface area contributed by atoms with Gasteiger partial charge in [0.2, 0.25) is 0 Å². The molecule has 0 aliphatic heterocycles. The topological polar surface area (TPSA) is 53.8 Å². The van der Waals surface area contributed by atoms with Crippen LogP contribution in [0, 0.1) is 0 Å². The number of fused-ring (bicyclic) bond motifs is 3. The highest BCUT2D eigenvalue weighted by molar-refractivity contribution is 6.42. The van der Waals surface area contributed by atoms with Crippen molar-refractivity contribution in [1.29, 1.82) is 0 Å². The van der Waals surface area contributed by atoms with Crippen molar-refractivity contribution in [2.45, 2.75) is 13.0 Å². The first-order chi connectivity index (χ1) is 12.7. The van der Waals surface area contributed by atoms with Gasteiger partial charge in [-0.3, -0.25) is 0 Å². The zero-order chi connectivity index (χ0) is 18.1. The minimum absolute atomic E-state index is 0.570. The van der Waals surface area contributed by atoms with Gasteiger partial charge in [-0.15, -0.1) is 0 Å². The van der Waals surface area contributed by atoms with Gasteiger partial charge in [0, 0.05) is 34.0 Å². The van der Waals surface area contributed by atoms with Gasteiger partial charge in [-0.2, -0.15) is 0 Å². The molecule has 0 amide bonds. The number of halogens is 2. The normalized spacial score (nSPS) is 11.3. The summed E-state index contributed by atoms with van der Waals surface area (Å²) in [6.45, 7) is 1.29. The third-order valence-corrected chi connectivity index (χ3v) is 5.33. The molecular weight excluding hydrogens is 365 g/mol. The first kappa shape index (κ1) is 17.2. The number of nitrogens with one attached hydrogen (secondary N) is 2. The molecule has 0 aliphatic carbocycles. The van der Waals surface area contributed by atoms with E-state index in [4.69, 9.17) is 28.9 Å². The number of nitrogens with two attached hydrogens (primary N) is 1. The van der Waals surface area contributed by atoms with Gasteiger partial charge in [-0.05, 0) is 54.4 Å². The summed E-state index contributed by atoms with van der Waals surface area (Å²) < 4.78 is 0. The molecule has 0 atom stereocenters. The van der Waals surface area contributed by atoms with E-state index in [1.165, 1.54) is 16.3 Å². The standard InChI is InChI=1S/C21H19Cl2N3/c22-18-6-5-13(9-19(18)23)12-25-15-10-14(7-8-24)21-17(11-15)16-3-1-2-4-20(16)26-21/h1-6,9-11,25-26H,7-8,12,24H2. The lowest BCUT2D eigenvalue weighted by atomic mass is 10.0. The van der Waals surface area contributed by atoms with Gasteiger partial charge in [-0.1, -0.05) is 47.5 Å². The molecule has 0 saturated heterocycles. The number of para-hydroxylation sites is 1. The molecule has 0 aliphatic rings. The Bertz CT molecular complexity index is 1090. The Labute approximate surface area is 162 Å². The number of benzene rings is 3. The summed E-state index contributed by atoms with van der Waals surface area (Å²) in [5.74, 6) is 0. The predicted molar refractivity (Wildman–Crippen MR) is 112 cm³/mol. The lowest BCUT2D eigenvalue weighted by Gasteiger charge is -2.11. The molecule has 1 heterocycles. The summed E-state index contributed by atoms with van der Waals surface area (Å²) in [4.78, 5) is 3.53. The Morgan fingerprint density at radius 1 is 0.923 bits per heavy atom. The van der Waals surface area contributed by atoms with Gasteiger partial charge in [0.15, 0.2) is 0 Å². The molecule has 1 aromatic heterocycles. The van der Waals surface area contributed by atoms with Crippen LogP contribution in [0.3, 0.4) is 0 Å². The molecule has 0 bridgehead atoms. The van der Waals surface area contributed by atoms with Crippen LogP contribution in [0.4, 0.5) is 5.69 Å². The molecule has 3 aromatic carbocycles. The molecule has 0 spiro atoms. The second kappa shape index (κ2) is 7.20. The molecule has 5 heteroatoms. The highest BCUT2D eigenvalue weighted by Gasteiger charge is 2.10. The van der Waals surface area contributed by atoms with Crippen molar-refractivity contribution in [3.63, 3.8) is 0 Å². The zero-order valence-electron chi connectivity index (χ0n) is 14.2. The summed E-state index contributed by atoms with van der Waals surface area (Å²) in [7, 11) is 0. The number of aromatic nitrogens is 1. The maximum Gasteiger partial charge on any atom is 0.0595 e. The third kappa shape index (κ3) is 3.26. The molecular formula is C21H19Cl2N3. The number of aromatic amines is 1. The number of H-pyrrole nitrogens is 1. The van der Waals surface area contributed by atoms with Crippen molar-refractivity contribution in [3.05, 3.63) is 75.8 Å². The van der Waals surface area contributed by atoms with Crippen molar-refractivity contribution in [1.82, 2.24) is 4.98 Å². The fourth-order valence-corrected chi connectivity index (χ4v) is 3.65. The Morgan fingerprint density at radius 3 is 2.58 bits per heavy atom. The Kier molecular flexibility index (Phi) is 4.77. The number of rotatable bonds is 5. The van der Waals surface area contributed by atoms with Crippen LogP contribution in [0.15, 0.2) is 54.6 Å². The highest BCUT2D eigenvalue weighted by Crippen LogP contribution is 2.31.